The number of piperidine rings is 1. The standard InChI is InChI=1S/C23H24ClN5O2/c1-22-10-20(28-23(22,14-22)25-2)19-6-5-17(12-27-19)29-8-7-18(9-21(29)30)31-13-16-4-3-15(24)11-26-16/h3-9,11-12,20,25,28H,10,13-14H2,1-2H3. The van der Waals surface area contributed by atoms with Crippen molar-refractivity contribution in [1.82, 2.24) is 25.2 Å². The quantitative estimate of drug-likeness (QED) is 0.616. The van der Waals surface area contributed by atoms with Crippen molar-refractivity contribution in [3.05, 3.63) is 81.8 Å². The highest BCUT2D eigenvalue weighted by Gasteiger charge is 2.69. The van der Waals surface area contributed by atoms with E-state index in [4.69, 9.17) is 16.3 Å². The summed E-state index contributed by atoms with van der Waals surface area (Å²) in [7, 11) is 2.00. The van der Waals surface area contributed by atoms with E-state index in [1.807, 2.05) is 19.2 Å². The molecule has 3 aromatic heterocycles. The Labute approximate surface area is 185 Å². The summed E-state index contributed by atoms with van der Waals surface area (Å²) in [6.07, 6.45) is 7.20. The van der Waals surface area contributed by atoms with Crippen LogP contribution in [0.1, 0.15) is 37.2 Å². The van der Waals surface area contributed by atoms with Gasteiger partial charge in [0.15, 0.2) is 0 Å². The second-order valence-electron chi connectivity index (χ2n) is 8.56. The first-order chi connectivity index (χ1) is 14.9. The van der Waals surface area contributed by atoms with Gasteiger partial charge in [-0.05, 0) is 50.2 Å². The van der Waals surface area contributed by atoms with E-state index in [1.54, 1.807) is 41.4 Å². The van der Waals surface area contributed by atoms with Gasteiger partial charge in [-0.1, -0.05) is 18.5 Å². The fourth-order valence-electron chi connectivity index (χ4n) is 4.61. The van der Waals surface area contributed by atoms with Gasteiger partial charge >= 0.3 is 0 Å². The smallest absolute Gasteiger partial charge is 0.258 e. The zero-order valence-electron chi connectivity index (χ0n) is 17.4. The molecule has 4 heterocycles. The summed E-state index contributed by atoms with van der Waals surface area (Å²) in [5.74, 6) is 0.488. The summed E-state index contributed by atoms with van der Waals surface area (Å²) in [5.41, 5.74) is 2.58. The van der Waals surface area contributed by atoms with E-state index in [-0.39, 0.29) is 29.3 Å². The Morgan fingerprint density at radius 1 is 1.26 bits per heavy atom. The van der Waals surface area contributed by atoms with Crippen molar-refractivity contribution in [1.29, 1.82) is 0 Å². The van der Waals surface area contributed by atoms with Gasteiger partial charge in [-0.15, -0.1) is 0 Å². The van der Waals surface area contributed by atoms with Crippen LogP contribution in [0, 0.1) is 5.41 Å². The molecule has 2 aliphatic rings. The Kier molecular flexibility index (Phi) is 4.84. The molecule has 0 spiro atoms. The molecule has 1 aliphatic heterocycles. The van der Waals surface area contributed by atoms with Gasteiger partial charge in [0.2, 0.25) is 0 Å². The summed E-state index contributed by atoms with van der Waals surface area (Å²) < 4.78 is 7.24. The molecule has 0 bridgehead atoms. The van der Waals surface area contributed by atoms with Crippen LogP contribution in [0.15, 0.2) is 59.8 Å². The average molecular weight is 438 g/mol. The molecule has 3 atom stereocenters. The molecule has 1 saturated heterocycles. The number of ether oxygens (including phenoxy) is 1. The number of aromatic nitrogens is 3. The lowest BCUT2D eigenvalue weighted by atomic mass is 9.99. The van der Waals surface area contributed by atoms with Crippen LogP contribution < -0.4 is 20.9 Å². The fraction of sp³-hybridized carbons (Fsp3) is 0.348. The minimum Gasteiger partial charge on any atom is -0.487 e. The van der Waals surface area contributed by atoms with E-state index < -0.39 is 0 Å². The number of hydrogen-bond acceptors (Lipinski definition) is 6. The van der Waals surface area contributed by atoms with Crippen LogP contribution in [-0.4, -0.2) is 27.2 Å². The first kappa shape index (κ1) is 20.2. The van der Waals surface area contributed by atoms with Crippen LogP contribution in [0.2, 0.25) is 5.02 Å². The lowest BCUT2D eigenvalue weighted by Gasteiger charge is -2.18. The van der Waals surface area contributed by atoms with Gasteiger partial charge in [-0.25, -0.2) is 0 Å². The Balaban J connectivity index is 1.27. The minimum absolute atomic E-state index is 0.0340. The highest BCUT2D eigenvalue weighted by molar-refractivity contribution is 6.30. The van der Waals surface area contributed by atoms with E-state index in [0.717, 1.165) is 29.9 Å². The maximum Gasteiger partial charge on any atom is 0.258 e. The first-order valence-electron chi connectivity index (χ1n) is 10.3. The zero-order valence-corrected chi connectivity index (χ0v) is 18.2. The monoisotopic (exact) mass is 437 g/mol. The SMILES string of the molecule is CNC12CC1(C)CC(c1ccc(-n3ccc(OCc4ccc(Cl)cn4)cc3=O)cn1)N2. The lowest BCUT2D eigenvalue weighted by molar-refractivity contribution is 0.300. The maximum absolute atomic E-state index is 12.6. The molecule has 2 fully saturated rings. The van der Waals surface area contributed by atoms with E-state index in [0.29, 0.717) is 10.8 Å². The molecule has 2 N–H and O–H groups in total. The number of hydrogen-bond donors (Lipinski definition) is 2. The van der Waals surface area contributed by atoms with Crippen molar-refractivity contribution in [2.75, 3.05) is 7.05 Å². The van der Waals surface area contributed by atoms with Crippen LogP contribution in [0.3, 0.4) is 0 Å². The molecule has 1 aliphatic carbocycles. The Bertz CT molecular complexity index is 1160. The van der Waals surface area contributed by atoms with E-state index in [1.165, 1.54) is 6.07 Å². The van der Waals surface area contributed by atoms with Crippen LogP contribution in [0.25, 0.3) is 5.69 Å². The van der Waals surface area contributed by atoms with Crippen LogP contribution in [0.4, 0.5) is 0 Å². The van der Waals surface area contributed by atoms with Crippen molar-refractivity contribution in [2.45, 2.75) is 38.1 Å². The Morgan fingerprint density at radius 2 is 2.13 bits per heavy atom. The van der Waals surface area contributed by atoms with E-state index >= 15 is 0 Å². The predicted molar refractivity (Wildman–Crippen MR) is 118 cm³/mol. The highest BCUT2D eigenvalue weighted by Crippen LogP contribution is 2.63. The summed E-state index contributed by atoms with van der Waals surface area (Å²) in [5, 5.41) is 7.68. The van der Waals surface area contributed by atoms with Gasteiger partial charge < -0.3 is 10.1 Å². The number of pyridine rings is 3. The average Bonchev–Trinajstić information content (AvgIpc) is 3.25. The first-order valence-corrected chi connectivity index (χ1v) is 10.7. The van der Waals surface area contributed by atoms with Crippen molar-refractivity contribution < 1.29 is 4.74 Å². The van der Waals surface area contributed by atoms with Gasteiger partial charge in [0, 0.05) is 23.9 Å². The summed E-state index contributed by atoms with van der Waals surface area (Å²) in [6, 6.07) is 10.9. The number of rotatable bonds is 6. The third-order valence-electron chi connectivity index (χ3n) is 6.54. The lowest BCUT2D eigenvalue weighted by Crippen LogP contribution is -2.43. The molecule has 0 aromatic carbocycles. The molecule has 7 nitrogen and oxygen atoms in total. The van der Waals surface area contributed by atoms with Gasteiger partial charge in [-0.2, -0.15) is 0 Å². The van der Waals surface area contributed by atoms with Gasteiger partial charge in [0.1, 0.15) is 12.4 Å². The molecule has 160 valence electrons. The third-order valence-corrected chi connectivity index (χ3v) is 6.76. The second-order valence-corrected chi connectivity index (χ2v) is 9.00. The van der Waals surface area contributed by atoms with Crippen LogP contribution in [-0.2, 0) is 6.61 Å². The van der Waals surface area contributed by atoms with Gasteiger partial charge in [0.25, 0.3) is 5.56 Å². The predicted octanol–water partition coefficient (Wildman–Crippen LogP) is 3.22. The van der Waals surface area contributed by atoms with Gasteiger partial charge in [0.05, 0.1) is 40.0 Å². The van der Waals surface area contributed by atoms with E-state index in [2.05, 4.69) is 27.5 Å². The van der Waals surface area contributed by atoms with Crippen LogP contribution in [0.5, 0.6) is 5.75 Å². The number of nitrogens with zero attached hydrogens (tertiary/aromatic N) is 3. The summed E-state index contributed by atoms with van der Waals surface area (Å²) in [4.78, 5) is 21.4. The van der Waals surface area contributed by atoms with Crippen LogP contribution >= 0.6 is 11.6 Å². The zero-order chi connectivity index (χ0) is 21.6. The molecule has 5 rings (SSSR count). The normalized spacial score (nSPS) is 26.5. The van der Waals surface area contributed by atoms with Crippen molar-refractivity contribution in [3.63, 3.8) is 0 Å². The summed E-state index contributed by atoms with van der Waals surface area (Å²) in [6.45, 7) is 2.56. The maximum atomic E-state index is 12.6. The molecular weight excluding hydrogens is 414 g/mol. The summed E-state index contributed by atoms with van der Waals surface area (Å²) >= 11 is 5.84. The molecule has 3 aromatic rings. The third kappa shape index (κ3) is 3.63. The number of halogens is 1. The Morgan fingerprint density at radius 3 is 2.77 bits per heavy atom. The number of nitrogens with one attached hydrogen (secondary N) is 2. The molecule has 31 heavy (non-hydrogen) atoms. The molecule has 8 heteroatoms. The van der Waals surface area contributed by atoms with E-state index in [9.17, 15) is 4.79 Å². The van der Waals surface area contributed by atoms with Crippen molar-refractivity contribution in [2.24, 2.45) is 5.41 Å². The number of fused-ring (bicyclic) bond motifs is 1. The molecular formula is C23H24ClN5O2. The van der Waals surface area contributed by atoms with Crippen molar-refractivity contribution >= 4 is 11.6 Å². The molecule has 0 amide bonds. The second kappa shape index (κ2) is 7.44. The fourth-order valence-corrected chi connectivity index (χ4v) is 4.72. The minimum atomic E-state index is -0.182. The topological polar surface area (TPSA) is 81.1 Å². The molecule has 3 unspecified atom stereocenters. The molecule has 0 radical (unpaired) electrons. The molecule has 1 saturated carbocycles. The highest BCUT2D eigenvalue weighted by atomic mass is 35.5. The van der Waals surface area contributed by atoms with Crippen molar-refractivity contribution in [3.8, 4) is 11.4 Å². The Hall–Kier alpha value is -2.74. The largest absolute Gasteiger partial charge is 0.487 e. The van der Waals surface area contributed by atoms with Gasteiger partial charge in [-0.3, -0.25) is 24.6 Å².